The predicted molar refractivity (Wildman–Crippen MR) is 139 cm³/mol. The van der Waals surface area contributed by atoms with Crippen molar-refractivity contribution in [2.24, 2.45) is 0 Å². The maximum absolute atomic E-state index is 3.33. The molecule has 0 saturated heterocycles. The maximum atomic E-state index is 3.33. The van der Waals surface area contributed by atoms with Crippen LogP contribution in [0.2, 0.25) is 0 Å². The van der Waals surface area contributed by atoms with Crippen LogP contribution in [0.1, 0.15) is 136 Å². The second-order valence-corrected chi connectivity index (χ2v) is 27.1. The Morgan fingerprint density at radius 1 is 0.444 bits per heavy atom. The molecule has 0 aliphatic carbocycles. The van der Waals surface area contributed by atoms with Gasteiger partial charge in [0.15, 0.2) is 0 Å². The fourth-order valence-corrected chi connectivity index (χ4v) is 21.9. The van der Waals surface area contributed by atoms with E-state index in [1.165, 1.54) is 96.3 Å². The van der Waals surface area contributed by atoms with Gasteiger partial charge >= 0.3 is 187 Å². The standard InChI is InChI=1S/C24H54P2Te/c1-4-7-10-13-16-19-22-26(27-25,23-20-17-14-11-8-5-2)24-21-18-15-12-9-6-3/h26H,4-25H2,1-3H3. The van der Waals surface area contributed by atoms with Gasteiger partial charge in [-0.15, -0.1) is 0 Å². The number of hydrogen-bond donors (Lipinski definition) is 0. The van der Waals surface area contributed by atoms with Crippen LogP contribution in [0.5, 0.6) is 0 Å². The van der Waals surface area contributed by atoms with Gasteiger partial charge < -0.3 is 0 Å². The summed E-state index contributed by atoms with van der Waals surface area (Å²) in [4.78, 5) is -0.882. The van der Waals surface area contributed by atoms with Crippen molar-refractivity contribution in [1.82, 2.24) is 0 Å². The molecule has 0 saturated carbocycles. The number of hydrogen-bond acceptors (Lipinski definition) is 0. The molecular formula is C24H54P2Te. The van der Waals surface area contributed by atoms with Gasteiger partial charge in [-0.1, -0.05) is 0 Å². The molecule has 0 amide bonds. The first-order valence-corrected chi connectivity index (χ1v) is 23.2. The van der Waals surface area contributed by atoms with E-state index in [1.807, 2.05) is 0 Å². The summed E-state index contributed by atoms with van der Waals surface area (Å²) in [6, 6.07) is 0. The van der Waals surface area contributed by atoms with Gasteiger partial charge in [0.2, 0.25) is 0 Å². The molecule has 0 N–H and O–H groups in total. The van der Waals surface area contributed by atoms with Crippen LogP contribution in [0.4, 0.5) is 0 Å². The minimum atomic E-state index is -0.882. The molecule has 3 heteroatoms. The zero-order chi connectivity index (χ0) is 20.1. The van der Waals surface area contributed by atoms with Crippen molar-refractivity contribution in [3.63, 3.8) is 0 Å². The summed E-state index contributed by atoms with van der Waals surface area (Å²) in [5.41, 5.74) is 0. The molecule has 0 bridgehead atoms. The van der Waals surface area contributed by atoms with E-state index in [0.29, 0.717) is 0 Å². The van der Waals surface area contributed by atoms with Crippen molar-refractivity contribution >= 4 is 31.7 Å². The first kappa shape index (κ1) is 28.6. The Hall–Kier alpha value is 1.65. The zero-order valence-electron chi connectivity index (χ0n) is 19.3. The van der Waals surface area contributed by atoms with Gasteiger partial charge in [-0.2, -0.15) is 0 Å². The summed E-state index contributed by atoms with van der Waals surface area (Å²) >= 11 is 0.230. The van der Waals surface area contributed by atoms with Crippen LogP contribution < -0.4 is 0 Å². The summed E-state index contributed by atoms with van der Waals surface area (Å²) in [6.45, 7) is 10.3. The predicted octanol–water partition coefficient (Wildman–Crippen LogP) is 9.23. The van der Waals surface area contributed by atoms with Crippen LogP contribution in [0.25, 0.3) is 0 Å². The summed E-state index contributed by atoms with van der Waals surface area (Å²) in [7, 11) is 0. The van der Waals surface area contributed by atoms with Gasteiger partial charge in [0.05, 0.1) is 0 Å². The Labute approximate surface area is 185 Å². The van der Waals surface area contributed by atoms with E-state index in [9.17, 15) is 0 Å². The molecule has 1 unspecified atom stereocenters. The zero-order valence-corrected chi connectivity index (χ0v) is 23.8. The Bertz CT molecular complexity index is 243. The fraction of sp³-hybridized carbons (Fsp3) is 1.00. The monoisotopic (exact) mass is 534 g/mol. The molecule has 1 atom stereocenters. The van der Waals surface area contributed by atoms with Crippen LogP contribution in [-0.4, -0.2) is 38.3 Å². The molecular weight excluding hydrogens is 478 g/mol. The van der Waals surface area contributed by atoms with Gasteiger partial charge in [0.1, 0.15) is 0 Å². The molecule has 0 aromatic carbocycles. The molecule has 0 spiro atoms. The molecule has 0 aliphatic rings. The van der Waals surface area contributed by atoms with Crippen molar-refractivity contribution in [1.29, 1.82) is 0 Å². The van der Waals surface area contributed by atoms with E-state index in [4.69, 9.17) is 0 Å². The third-order valence-corrected chi connectivity index (χ3v) is 30.1. The fourth-order valence-electron chi connectivity index (χ4n) is 4.23. The first-order chi connectivity index (χ1) is 13.2. The van der Waals surface area contributed by atoms with Crippen molar-refractivity contribution in [3.8, 4) is 0 Å². The molecule has 0 rings (SSSR count). The number of unbranched alkanes of at least 4 members (excludes halogenated alkanes) is 15. The van der Waals surface area contributed by atoms with Crippen LogP contribution in [-0.2, 0) is 0 Å². The molecule has 166 valence electrons. The van der Waals surface area contributed by atoms with E-state index >= 15 is 0 Å². The SMILES string of the molecule is CCCCCCCC[PH](CCCCCCCC)(CCCCCCCC)[Te]P. The second-order valence-electron chi connectivity index (χ2n) is 8.85. The normalized spacial score (nSPS) is 12.6. The van der Waals surface area contributed by atoms with Crippen LogP contribution in [0.15, 0.2) is 0 Å². The van der Waals surface area contributed by atoms with E-state index in [2.05, 4.69) is 27.7 Å². The molecule has 0 fully saturated rings. The molecule has 0 radical (unpaired) electrons. The van der Waals surface area contributed by atoms with Gasteiger partial charge in [0.25, 0.3) is 0 Å². The quantitative estimate of drug-likeness (QED) is 0.0741. The molecule has 27 heavy (non-hydrogen) atoms. The molecule has 0 nitrogen and oxygen atoms in total. The van der Waals surface area contributed by atoms with Crippen molar-refractivity contribution in [3.05, 3.63) is 0 Å². The molecule has 0 aromatic heterocycles. The van der Waals surface area contributed by atoms with E-state index < -0.39 is 4.95 Å². The minimum absolute atomic E-state index is 0.230. The van der Waals surface area contributed by atoms with Crippen molar-refractivity contribution in [2.45, 2.75) is 136 Å². The number of rotatable bonds is 22. The van der Waals surface area contributed by atoms with Crippen LogP contribution in [0, 0.1) is 0 Å². The molecule has 0 aromatic rings. The third-order valence-electron chi connectivity index (χ3n) is 6.21. The van der Waals surface area contributed by atoms with Gasteiger partial charge in [-0.3, -0.25) is 0 Å². The van der Waals surface area contributed by atoms with Gasteiger partial charge in [0, 0.05) is 0 Å². The summed E-state index contributed by atoms with van der Waals surface area (Å²) in [5.74, 6) is 0. The average Bonchev–Trinajstić information content (AvgIpc) is 2.69. The average molecular weight is 532 g/mol. The van der Waals surface area contributed by atoms with Gasteiger partial charge in [-0.25, -0.2) is 0 Å². The Morgan fingerprint density at radius 2 is 0.704 bits per heavy atom. The third kappa shape index (κ3) is 18.2. The Kier molecular flexibility index (Phi) is 23.7. The van der Waals surface area contributed by atoms with E-state index in [1.54, 1.807) is 37.7 Å². The van der Waals surface area contributed by atoms with E-state index in [-0.39, 0.29) is 19.8 Å². The van der Waals surface area contributed by atoms with Crippen LogP contribution in [0.3, 0.4) is 0 Å². The van der Waals surface area contributed by atoms with Crippen molar-refractivity contribution in [2.75, 3.05) is 18.5 Å². The summed E-state index contributed by atoms with van der Waals surface area (Å²) in [5, 5.41) is 0. The van der Waals surface area contributed by atoms with Crippen molar-refractivity contribution < 1.29 is 0 Å². The summed E-state index contributed by atoms with van der Waals surface area (Å²) in [6.07, 6.45) is 31.8. The van der Waals surface area contributed by atoms with Gasteiger partial charge in [-0.05, 0) is 0 Å². The molecule has 0 heterocycles. The molecule has 0 aliphatic heterocycles. The Balaban J connectivity index is 4.23. The summed E-state index contributed by atoms with van der Waals surface area (Å²) < 4.78 is 0. The topological polar surface area (TPSA) is 0 Å². The Morgan fingerprint density at radius 3 is 0.963 bits per heavy atom. The second kappa shape index (κ2) is 22.3. The first-order valence-electron chi connectivity index (χ1n) is 12.6. The van der Waals surface area contributed by atoms with E-state index in [0.717, 1.165) is 0 Å². The van der Waals surface area contributed by atoms with Crippen LogP contribution >= 0.6 is 11.9 Å².